The van der Waals surface area contributed by atoms with E-state index >= 15 is 0 Å². The van der Waals surface area contributed by atoms with Gasteiger partial charge in [0.15, 0.2) is 0 Å². The van der Waals surface area contributed by atoms with Gasteiger partial charge in [-0.1, -0.05) is 46.5 Å². The zero-order chi connectivity index (χ0) is 15.9. The molecule has 0 aromatic heterocycles. The van der Waals surface area contributed by atoms with Crippen LogP contribution in [0.3, 0.4) is 0 Å². The van der Waals surface area contributed by atoms with E-state index in [9.17, 15) is 14.4 Å². The number of hydrogen-bond acceptors (Lipinski definition) is 4. The molecule has 0 saturated carbocycles. The zero-order valence-corrected chi connectivity index (χ0v) is 12.4. The molecular weight excluding hydrogens is 329 g/mol. The van der Waals surface area contributed by atoms with Gasteiger partial charge in [-0.05, 0) is 24.3 Å². The molecule has 1 aliphatic rings. The molecule has 110 valence electrons. The van der Waals surface area contributed by atoms with Gasteiger partial charge in [-0.25, -0.2) is 4.79 Å². The van der Waals surface area contributed by atoms with E-state index in [0.717, 1.165) is 0 Å². The molecule has 7 heteroatoms. The normalized spacial score (nSPS) is 13.3. The van der Waals surface area contributed by atoms with E-state index in [1.807, 2.05) is 0 Å². The van der Waals surface area contributed by atoms with Crippen LogP contribution in [-0.2, 0) is 4.84 Å². The van der Waals surface area contributed by atoms with Crippen LogP contribution in [0.2, 0.25) is 10.0 Å². The molecule has 1 aliphatic heterocycles. The molecule has 0 fully saturated rings. The molecule has 0 aliphatic carbocycles. The third-order valence-corrected chi connectivity index (χ3v) is 3.92. The zero-order valence-electron chi connectivity index (χ0n) is 10.9. The van der Waals surface area contributed by atoms with Crippen LogP contribution in [0.4, 0.5) is 0 Å². The topological polar surface area (TPSA) is 63.7 Å². The lowest BCUT2D eigenvalue weighted by Crippen LogP contribution is -2.32. The third kappa shape index (κ3) is 2.24. The Hall–Kier alpha value is -2.37. The first-order chi connectivity index (χ1) is 10.5. The van der Waals surface area contributed by atoms with E-state index in [-0.39, 0.29) is 26.7 Å². The minimum absolute atomic E-state index is 0.00854. The number of imide groups is 1. The fourth-order valence-electron chi connectivity index (χ4n) is 2.04. The number of hydroxylamine groups is 2. The van der Waals surface area contributed by atoms with Crippen molar-refractivity contribution in [2.45, 2.75) is 0 Å². The SMILES string of the molecule is O=C(ON1C(=O)c2ccccc2C1=O)c1cccc(Cl)c1Cl. The summed E-state index contributed by atoms with van der Waals surface area (Å²) in [7, 11) is 0. The Morgan fingerprint density at radius 1 is 0.909 bits per heavy atom. The monoisotopic (exact) mass is 335 g/mol. The molecule has 22 heavy (non-hydrogen) atoms. The van der Waals surface area contributed by atoms with E-state index in [1.54, 1.807) is 12.1 Å². The van der Waals surface area contributed by atoms with Crippen LogP contribution in [0.1, 0.15) is 31.1 Å². The number of benzene rings is 2. The lowest BCUT2D eigenvalue weighted by atomic mass is 10.1. The predicted octanol–water partition coefficient (Wildman–Crippen LogP) is 3.36. The molecule has 0 spiro atoms. The maximum Gasteiger partial charge on any atom is 0.365 e. The fraction of sp³-hybridized carbons (Fsp3) is 0. The summed E-state index contributed by atoms with van der Waals surface area (Å²) in [6.07, 6.45) is 0. The van der Waals surface area contributed by atoms with Crippen LogP contribution >= 0.6 is 23.2 Å². The number of amides is 2. The molecule has 0 radical (unpaired) electrons. The Balaban J connectivity index is 1.89. The molecule has 0 bridgehead atoms. The van der Waals surface area contributed by atoms with Gasteiger partial charge in [0, 0.05) is 0 Å². The van der Waals surface area contributed by atoms with Crippen molar-refractivity contribution in [2.75, 3.05) is 0 Å². The average Bonchev–Trinajstić information content (AvgIpc) is 2.75. The van der Waals surface area contributed by atoms with E-state index in [0.29, 0.717) is 5.06 Å². The summed E-state index contributed by atoms with van der Waals surface area (Å²) in [4.78, 5) is 41.2. The maximum absolute atomic E-state index is 12.1. The van der Waals surface area contributed by atoms with Gasteiger partial charge in [-0.3, -0.25) is 9.59 Å². The highest BCUT2D eigenvalue weighted by Crippen LogP contribution is 2.28. The fourth-order valence-corrected chi connectivity index (χ4v) is 2.42. The second-order valence-corrected chi connectivity index (χ2v) is 5.22. The molecule has 5 nitrogen and oxygen atoms in total. The number of nitrogens with zero attached hydrogens (tertiary/aromatic N) is 1. The van der Waals surface area contributed by atoms with Gasteiger partial charge in [-0.15, -0.1) is 0 Å². The average molecular weight is 336 g/mol. The van der Waals surface area contributed by atoms with Gasteiger partial charge in [-0.2, -0.15) is 0 Å². The van der Waals surface area contributed by atoms with Crippen LogP contribution in [0.15, 0.2) is 42.5 Å². The van der Waals surface area contributed by atoms with Crippen molar-refractivity contribution >= 4 is 41.0 Å². The highest BCUT2D eigenvalue weighted by Gasteiger charge is 2.39. The van der Waals surface area contributed by atoms with Crippen molar-refractivity contribution in [1.82, 2.24) is 5.06 Å². The summed E-state index contributed by atoms with van der Waals surface area (Å²) < 4.78 is 0. The molecule has 1 heterocycles. The summed E-state index contributed by atoms with van der Waals surface area (Å²) in [6.45, 7) is 0. The van der Waals surface area contributed by atoms with Crippen LogP contribution in [-0.4, -0.2) is 22.8 Å². The quantitative estimate of drug-likeness (QED) is 0.789. The summed E-state index contributed by atoms with van der Waals surface area (Å²) in [6, 6.07) is 10.6. The largest absolute Gasteiger partial charge is 0.365 e. The Labute approximate surface area is 134 Å². The molecule has 2 aromatic carbocycles. The van der Waals surface area contributed by atoms with Crippen molar-refractivity contribution in [1.29, 1.82) is 0 Å². The lowest BCUT2D eigenvalue weighted by Gasteiger charge is -2.13. The molecular formula is C15H7Cl2NO4. The molecule has 0 unspecified atom stereocenters. The molecule has 2 aromatic rings. The second kappa shape index (κ2) is 5.44. The number of rotatable bonds is 2. The number of carbonyl (C=O) groups excluding carboxylic acids is 3. The molecule has 0 saturated heterocycles. The lowest BCUT2D eigenvalue weighted by molar-refractivity contribution is -0.0584. The van der Waals surface area contributed by atoms with Gasteiger partial charge in [0.2, 0.25) is 0 Å². The summed E-state index contributed by atoms with van der Waals surface area (Å²) in [5.41, 5.74) is 0.320. The van der Waals surface area contributed by atoms with Gasteiger partial charge in [0.25, 0.3) is 11.8 Å². The number of halogens is 2. The smallest absolute Gasteiger partial charge is 0.324 e. The highest BCUT2D eigenvalue weighted by molar-refractivity contribution is 6.43. The number of fused-ring (bicyclic) bond motifs is 1. The minimum atomic E-state index is -0.943. The van der Waals surface area contributed by atoms with Gasteiger partial charge in [0.1, 0.15) is 0 Å². The van der Waals surface area contributed by atoms with Crippen LogP contribution < -0.4 is 0 Å². The maximum atomic E-state index is 12.1. The van der Waals surface area contributed by atoms with Crippen LogP contribution in [0.5, 0.6) is 0 Å². The summed E-state index contributed by atoms with van der Waals surface area (Å²) in [5, 5.41) is 0.578. The molecule has 3 rings (SSSR count). The standard InChI is InChI=1S/C15H7Cl2NO4/c16-11-7-3-6-10(12(11)17)15(21)22-18-13(19)8-4-1-2-5-9(8)14(18)20/h1-7H. The number of carbonyl (C=O) groups is 3. The van der Waals surface area contributed by atoms with Gasteiger partial charge >= 0.3 is 5.97 Å². The van der Waals surface area contributed by atoms with Crippen LogP contribution in [0, 0.1) is 0 Å². The van der Waals surface area contributed by atoms with Crippen molar-refractivity contribution < 1.29 is 19.2 Å². The molecule has 0 atom stereocenters. The van der Waals surface area contributed by atoms with E-state index < -0.39 is 17.8 Å². The van der Waals surface area contributed by atoms with Crippen molar-refractivity contribution in [3.8, 4) is 0 Å². The first-order valence-electron chi connectivity index (χ1n) is 6.15. The third-order valence-electron chi connectivity index (χ3n) is 3.10. The Morgan fingerprint density at radius 3 is 2.09 bits per heavy atom. The van der Waals surface area contributed by atoms with E-state index in [4.69, 9.17) is 28.0 Å². The Morgan fingerprint density at radius 2 is 1.50 bits per heavy atom. The Kier molecular flexibility index (Phi) is 3.60. The first kappa shape index (κ1) is 14.6. The second-order valence-electron chi connectivity index (χ2n) is 4.43. The summed E-state index contributed by atoms with van der Waals surface area (Å²) >= 11 is 11.7. The first-order valence-corrected chi connectivity index (χ1v) is 6.90. The van der Waals surface area contributed by atoms with Crippen molar-refractivity contribution in [2.24, 2.45) is 0 Å². The van der Waals surface area contributed by atoms with Crippen molar-refractivity contribution in [3.63, 3.8) is 0 Å². The van der Waals surface area contributed by atoms with Crippen molar-refractivity contribution in [3.05, 3.63) is 69.2 Å². The van der Waals surface area contributed by atoms with Gasteiger partial charge in [0.05, 0.1) is 26.7 Å². The number of hydrogen-bond donors (Lipinski definition) is 0. The van der Waals surface area contributed by atoms with Gasteiger partial charge < -0.3 is 4.84 Å². The summed E-state index contributed by atoms with van der Waals surface area (Å²) in [5.74, 6) is -2.35. The molecule has 2 amide bonds. The Bertz CT molecular complexity index is 784. The van der Waals surface area contributed by atoms with E-state index in [2.05, 4.69) is 0 Å². The molecule has 0 N–H and O–H groups in total. The highest BCUT2D eigenvalue weighted by atomic mass is 35.5. The van der Waals surface area contributed by atoms with E-state index in [1.165, 1.54) is 30.3 Å². The van der Waals surface area contributed by atoms with Crippen LogP contribution in [0.25, 0.3) is 0 Å². The predicted molar refractivity (Wildman–Crippen MR) is 78.8 cm³/mol. The minimum Gasteiger partial charge on any atom is -0.324 e.